The summed E-state index contributed by atoms with van der Waals surface area (Å²) in [6.07, 6.45) is 4.80. The van der Waals surface area contributed by atoms with Crippen LogP contribution in [0.1, 0.15) is 38.5 Å². The molecule has 1 aliphatic carbocycles. The molecule has 0 heterocycles. The zero-order valence-electron chi connectivity index (χ0n) is 20.9. The van der Waals surface area contributed by atoms with Crippen LogP contribution in [-0.2, 0) is 9.53 Å². The Morgan fingerprint density at radius 1 is 1.06 bits per heavy atom. The Bertz CT molecular complexity index is 979. The molecule has 2 N–H and O–H groups in total. The first kappa shape index (κ1) is 28.7. The lowest BCUT2D eigenvalue weighted by atomic mass is 9.84. The molecular formula is C26H34F3N3O2S2. The fourth-order valence-electron chi connectivity index (χ4n) is 4.13. The number of benzene rings is 2. The average Bonchev–Trinajstić information content (AvgIpc) is 2.87. The van der Waals surface area contributed by atoms with E-state index in [1.165, 1.54) is 43.1 Å². The minimum atomic E-state index is -0.883. The van der Waals surface area contributed by atoms with Crippen LogP contribution in [-0.4, -0.2) is 56.0 Å². The van der Waals surface area contributed by atoms with Crippen molar-refractivity contribution in [2.45, 2.75) is 60.0 Å². The van der Waals surface area contributed by atoms with Crippen molar-refractivity contribution in [2.24, 2.45) is 0 Å². The van der Waals surface area contributed by atoms with E-state index < -0.39 is 17.2 Å². The van der Waals surface area contributed by atoms with E-state index in [2.05, 4.69) is 10.0 Å². The van der Waals surface area contributed by atoms with Crippen molar-refractivity contribution >= 4 is 35.3 Å². The van der Waals surface area contributed by atoms with Crippen molar-refractivity contribution < 1.29 is 22.7 Å². The van der Waals surface area contributed by atoms with Crippen LogP contribution in [0.2, 0.25) is 0 Å². The summed E-state index contributed by atoms with van der Waals surface area (Å²) in [6.45, 7) is 0.728. The predicted octanol–water partition coefficient (Wildman–Crippen LogP) is 6.10. The molecule has 0 saturated heterocycles. The van der Waals surface area contributed by atoms with Crippen molar-refractivity contribution in [3.8, 4) is 0 Å². The molecule has 0 bridgehead atoms. The van der Waals surface area contributed by atoms with Gasteiger partial charge in [0.2, 0.25) is 0 Å². The molecule has 36 heavy (non-hydrogen) atoms. The molecule has 0 aliphatic heterocycles. The number of amides is 1. The van der Waals surface area contributed by atoms with Gasteiger partial charge in [-0.15, -0.1) is 11.8 Å². The number of anilines is 1. The molecular weight excluding hydrogens is 507 g/mol. The summed E-state index contributed by atoms with van der Waals surface area (Å²) in [5.74, 6) is -1.50. The van der Waals surface area contributed by atoms with E-state index in [4.69, 9.17) is 4.74 Å². The summed E-state index contributed by atoms with van der Waals surface area (Å²) in [6, 6.07) is 8.36. The molecule has 1 atom stereocenters. The molecule has 5 nitrogen and oxygen atoms in total. The second-order valence-corrected chi connectivity index (χ2v) is 11.2. The average molecular weight is 542 g/mol. The van der Waals surface area contributed by atoms with Crippen molar-refractivity contribution in [3.05, 3.63) is 53.8 Å². The molecule has 1 fully saturated rings. The standard InChI is InChI=1S/C26H34F3N3O2S2/c1-32(2)14-11-19(17-35-20-9-7-18(27)8-10-20)30-24-22(28)15-21(16-23(24)29)36-31-25(33)26(34-3)12-5-4-6-13-26/h7-10,15-16,19,30H,4-6,11-14,17H2,1-3H3,(H,31,33). The Kier molecular flexibility index (Phi) is 10.8. The van der Waals surface area contributed by atoms with Crippen LogP contribution in [0, 0.1) is 17.5 Å². The van der Waals surface area contributed by atoms with E-state index in [0.717, 1.165) is 42.7 Å². The van der Waals surface area contributed by atoms with E-state index in [-0.39, 0.29) is 28.3 Å². The van der Waals surface area contributed by atoms with Gasteiger partial charge in [0, 0.05) is 28.7 Å². The Labute approximate surface area is 220 Å². The first-order valence-corrected chi connectivity index (χ1v) is 13.8. The molecule has 0 radical (unpaired) electrons. The second-order valence-electron chi connectivity index (χ2n) is 9.25. The molecule has 1 amide bonds. The van der Waals surface area contributed by atoms with Gasteiger partial charge in [0.05, 0.1) is 0 Å². The lowest BCUT2D eigenvalue weighted by Crippen LogP contribution is -2.47. The summed E-state index contributed by atoms with van der Waals surface area (Å²) in [5, 5.41) is 3.02. The SMILES string of the molecule is COC1(C(=O)NSc2cc(F)c(NC(CCN(C)C)CSc3ccc(F)cc3)c(F)c2)CCCCC1. The van der Waals surface area contributed by atoms with Gasteiger partial charge in [-0.25, -0.2) is 13.2 Å². The van der Waals surface area contributed by atoms with E-state index in [9.17, 15) is 18.0 Å². The third-order valence-electron chi connectivity index (χ3n) is 6.28. The van der Waals surface area contributed by atoms with Crippen LogP contribution < -0.4 is 10.0 Å². The number of hydrogen-bond donors (Lipinski definition) is 2. The maximum atomic E-state index is 15.0. The lowest BCUT2D eigenvalue weighted by molar-refractivity contribution is -0.145. The summed E-state index contributed by atoms with van der Waals surface area (Å²) in [5.41, 5.74) is -1.08. The molecule has 0 spiro atoms. The van der Waals surface area contributed by atoms with Crippen molar-refractivity contribution in [2.75, 3.05) is 38.8 Å². The maximum absolute atomic E-state index is 15.0. The Morgan fingerprint density at radius 3 is 2.28 bits per heavy atom. The highest BCUT2D eigenvalue weighted by atomic mass is 32.2. The third-order valence-corrected chi connectivity index (χ3v) is 8.21. The van der Waals surface area contributed by atoms with E-state index >= 15 is 0 Å². The minimum Gasteiger partial charge on any atom is -0.377 e. The van der Waals surface area contributed by atoms with Gasteiger partial charge in [-0.2, -0.15) is 0 Å². The molecule has 10 heteroatoms. The fraction of sp³-hybridized carbons (Fsp3) is 0.500. The van der Waals surface area contributed by atoms with Gasteiger partial charge in [0.25, 0.3) is 5.91 Å². The number of carbonyl (C=O) groups excluding carboxylic acids is 1. The highest BCUT2D eigenvalue weighted by molar-refractivity contribution is 7.99. The quantitative estimate of drug-likeness (QED) is 0.250. The van der Waals surface area contributed by atoms with Crippen molar-refractivity contribution in [1.29, 1.82) is 0 Å². The minimum absolute atomic E-state index is 0.199. The molecule has 2 aromatic carbocycles. The van der Waals surface area contributed by atoms with Crippen LogP contribution in [0.25, 0.3) is 0 Å². The zero-order chi connectivity index (χ0) is 26.1. The number of ether oxygens (including phenoxy) is 1. The number of nitrogens with zero attached hydrogens (tertiary/aromatic N) is 1. The molecule has 2 aromatic rings. The molecule has 1 saturated carbocycles. The summed E-state index contributed by atoms with van der Waals surface area (Å²) in [4.78, 5) is 15.9. The number of rotatable bonds is 12. The summed E-state index contributed by atoms with van der Waals surface area (Å²) < 4.78 is 51.4. The largest absolute Gasteiger partial charge is 0.377 e. The smallest absolute Gasteiger partial charge is 0.262 e. The van der Waals surface area contributed by atoms with Gasteiger partial charge in [0.15, 0.2) is 0 Å². The second kappa shape index (κ2) is 13.6. The predicted molar refractivity (Wildman–Crippen MR) is 141 cm³/mol. The Balaban J connectivity index is 1.65. The fourth-order valence-corrected chi connectivity index (χ4v) is 5.83. The lowest BCUT2D eigenvalue weighted by Gasteiger charge is -2.34. The van der Waals surface area contributed by atoms with Gasteiger partial charge in [0.1, 0.15) is 28.7 Å². The van der Waals surface area contributed by atoms with Gasteiger partial charge in [-0.05, 0) is 88.2 Å². The molecule has 0 aromatic heterocycles. The summed E-state index contributed by atoms with van der Waals surface area (Å²) in [7, 11) is 5.40. The van der Waals surface area contributed by atoms with Crippen LogP contribution in [0.4, 0.5) is 18.9 Å². The van der Waals surface area contributed by atoms with E-state index in [0.29, 0.717) is 25.0 Å². The molecule has 1 unspecified atom stereocenters. The molecule has 198 valence electrons. The first-order valence-electron chi connectivity index (χ1n) is 12.0. The van der Waals surface area contributed by atoms with Crippen LogP contribution >= 0.6 is 23.7 Å². The van der Waals surface area contributed by atoms with Gasteiger partial charge in [-0.3, -0.25) is 9.52 Å². The topological polar surface area (TPSA) is 53.6 Å². The summed E-state index contributed by atoms with van der Waals surface area (Å²) >= 11 is 2.38. The van der Waals surface area contributed by atoms with Crippen molar-refractivity contribution in [1.82, 2.24) is 9.62 Å². The molecule has 1 aliphatic rings. The number of halogens is 3. The number of nitrogens with one attached hydrogen (secondary N) is 2. The first-order chi connectivity index (χ1) is 17.2. The number of thioether (sulfide) groups is 1. The van der Waals surface area contributed by atoms with E-state index in [1.807, 2.05) is 19.0 Å². The van der Waals surface area contributed by atoms with Gasteiger partial charge < -0.3 is 15.0 Å². The number of methoxy groups -OCH3 is 1. The molecule has 3 rings (SSSR count). The number of carbonyl (C=O) groups is 1. The number of hydrogen-bond acceptors (Lipinski definition) is 6. The normalized spacial score (nSPS) is 16.1. The van der Waals surface area contributed by atoms with E-state index in [1.54, 1.807) is 12.1 Å². The van der Waals surface area contributed by atoms with Gasteiger partial charge in [-0.1, -0.05) is 19.3 Å². The zero-order valence-corrected chi connectivity index (χ0v) is 22.5. The maximum Gasteiger partial charge on any atom is 0.262 e. The van der Waals surface area contributed by atoms with Gasteiger partial charge >= 0.3 is 0 Å². The van der Waals surface area contributed by atoms with Crippen LogP contribution in [0.15, 0.2) is 46.2 Å². The Hall–Kier alpha value is -1.88. The monoisotopic (exact) mass is 541 g/mol. The van der Waals surface area contributed by atoms with Crippen molar-refractivity contribution in [3.63, 3.8) is 0 Å². The Morgan fingerprint density at radius 2 is 1.69 bits per heavy atom. The van der Waals surface area contributed by atoms with Crippen LogP contribution in [0.3, 0.4) is 0 Å². The third kappa shape index (κ3) is 8.06. The van der Waals surface area contributed by atoms with Crippen LogP contribution in [0.5, 0.6) is 0 Å². The highest BCUT2D eigenvalue weighted by Gasteiger charge is 2.39. The highest BCUT2D eigenvalue weighted by Crippen LogP contribution is 2.33.